The van der Waals surface area contributed by atoms with Crippen LogP contribution in [0.1, 0.15) is 29.7 Å². The molecule has 0 aromatic heterocycles. The van der Waals surface area contributed by atoms with Gasteiger partial charge < -0.3 is 15.4 Å². The Balaban J connectivity index is 0.00000361. The van der Waals surface area contributed by atoms with Gasteiger partial charge in [0.25, 0.3) is 0 Å². The lowest BCUT2D eigenvalue weighted by molar-refractivity contribution is -0.120. The molecule has 0 aliphatic carbocycles. The summed E-state index contributed by atoms with van der Waals surface area (Å²) in [5.41, 5.74) is 3.65. The lowest BCUT2D eigenvalue weighted by atomic mass is 10.0. The van der Waals surface area contributed by atoms with Crippen LogP contribution in [0.25, 0.3) is 0 Å². The van der Waals surface area contributed by atoms with Crippen LogP contribution >= 0.6 is 12.4 Å². The molecule has 0 aliphatic rings. The molecule has 0 saturated carbocycles. The van der Waals surface area contributed by atoms with E-state index >= 15 is 0 Å². The third kappa shape index (κ3) is 6.37. The predicted molar refractivity (Wildman–Crippen MR) is 84.5 cm³/mol. The first kappa shape index (κ1) is 18.9. The standard InChI is InChI=1S/C15H24N2O2.ClH/c1-11-5-6-14(9-12(11)2)13(3)17-15(18)10-16-7-8-19-4;/h5-6,9,13,16H,7-8,10H2,1-4H3,(H,17,18);1H. The van der Waals surface area contributed by atoms with E-state index in [-0.39, 0.29) is 24.4 Å². The van der Waals surface area contributed by atoms with Crippen LogP contribution in [-0.4, -0.2) is 32.7 Å². The average molecular weight is 301 g/mol. The number of rotatable bonds is 7. The van der Waals surface area contributed by atoms with E-state index in [0.717, 1.165) is 5.56 Å². The zero-order chi connectivity index (χ0) is 14.3. The van der Waals surface area contributed by atoms with Crippen molar-refractivity contribution < 1.29 is 9.53 Å². The number of carbonyl (C=O) groups is 1. The van der Waals surface area contributed by atoms with Crippen LogP contribution in [0.4, 0.5) is 0 Å². The first-order chi connectivity index (χ1) is 9.04. The molecule has 114 valence electrons. The molecule has 0 fully saturated rings. The van der Waals surface area contributed by atoms with Gasteiger partial charge >= 0.3 is 0 Å². The minimum atomic E-state index is 0. The molecule has 1 amide bonds. The lowest BCUT2D eigenvalue weighted by Crippen LogP contribution is -2.36. The van der Waals surface area contributed by atoms with Crippen LogP contribution in [0.5, 0.6) is 0 Å². The smallest absolute Gasteiger partial charge is 0.234 e. The van der Waals surface area contributed by atoms with Gasteiger partial charge in [0, 0.05) is 13.7 Å². The Labute approximate surface area is 127 Å². The van der Waals surface area contributed by atoms with Crippen molar-refractivity contribution in [3.8, 4) is 0 Å². The Morgan fingerprint density at radius 2 is 2.00 bits per heavy atom. The second-order valence-electron chi connectivity index (χ2n) is 4.80. The van der Waals surface area contributed by atoms with Crippen molar-refractivity contribution in [2.24, 2.45) is 0 Å². The number of amides is 1. The van der Waals surface area contributed by atoms with Crippen molar-refractivity contribution in [2.75, 3.05) is 26.8 Å². The molecule has 20 heavy (non-hydrogen) atoms. The molecule has 4 nitrogen and oxygen atoms in total. The van der Waals surface area contributed by atoms with Crippen molar-refractivity contribution in [1.82, 2.24) is 10.6 Å². The number of methoxy groups -OCH3 is 1. The molecule has 1 unspecified atom stereocenters. The lowest BCUT2D eigenvalue weighted by Gasteiger charge is -2.16. The summed E-state index contributed by atoms with van der Waals surface area (Å²) in [6.45, 7) is 7.78. The molecule has 2 N–H and O–H groups in total. The molecule has 1 aromatic rings. The molecule has 0 saturated heterocycles. The fraction of sp³-hybridized carbons (Fsp3) is 0.533. The van der Waals surface area contributed by atoms with Gasteiger partial charge in [-0.3, -0.25) is 4.79 Å². The van der Waals surface area contributed by atoms with Gasteiger partial charge in [-0.1, -0.05) is 18.2 Å². The third-order valence-electron chi connectivity index (χ3n) is 3.18. The summed E-state index contributed by atoms with van der Waals surface area (Å²) in [5.74, 6) is 0.00170. The summed E-state index contributed by atoms with van der Waals surface area (Å²) < 4.78 is 4.90. The zero-order valence-corrected chi connectivity index (χ0v) is 13.5. The summed E-state index contributed by atoms with van der Waals surface area (Å²) in [5, 5.41) is 6.00. The first-order valence-electron chi connectivity index (χ1n) is 6.60. The van der Waals surface area contributed by atoms with Gasteiger partial charge in [-0.2, -0.15) is 0 Å². The van der Waals surface area contributed by atoms with Crippen LogP contribution in [0, 0.1) is 13.8 Å². The Hall–Kier alpha value is -1.10. The number of ether oxygens (including phenoxy) is 1. The fourth-order valence-electron chi connectivity index (χ4n) is 1.79. The molecular formula is C15H25ClN2O2. The number of hydrogen-bond acceptors (Lipinski definition) is 3. The molecule has 1 rings (SSSR count). The van der Waals surface area contributed by atoms with Crippen LogP contribution < -0.4 is 10.6 Å². The van der Waals surface area contributed by atoms with Gasteiger partial charge in [-0.25, -0.2) is 0 Å². The van der Waals surface area contributed by atoms with Crippen LogP contribution in [-0.2, 0) is 9.53 Å². The SMILES string of the molecule is COCCNCC(=O)NC(C)c1ccc(C)c(C)c1.Cl. The minimum absolute atomic E-state index is 0. The highest BCUT2D eigenvalue weighted by Gasteiger charge is 2.09. The molecule has 1 atom stereocenters. The largest absolute Gasteiger partial charge is 0.383 e. The number of hydrogen-bond donors (Lipinski definition) is 2. The van der Waals surface area contributed by atoms with E-state index in [2.05, 4.69) is 42.7 Å². The highest BCUT2D eigenvalue weighted by molar-refractivity contribution is 5.85. The van der Waals surface area contributed by atoms with Gasteiger partial charge in [0.05, 0.1) is 19.2 Å². The van der Waals surface area contributed by atoms with Gasteiger partial charge in [0.15, 0.2) is 0 Å². The second-order valence-corrected chi connectivity index (χ2v) is 4.80. The van der Waals surface area contributed by atoms with Crippen molar-refractivity contribution in [3.63, 3.8) is 0 Å². The molecule has 0 aliphatic heterocycles. The summed E-state index contributed by atoms with van der Waals surface area (Å²) >= 11 is 0. The highest BCUT2D eigenvalue weighted by atomic mass is 35.5. The zero-order valence-electron chi connectivity index (χ0n) is 12.7. The Bertz CT molecular complexity index is 424. The van der Waals surface area contributed by atoms with E-state index in [0.29, 0.717) is 19.7 Å². The molecular weight excluding hydrogens is 276 g/mol. The van der Waals surface area contributed by atoms with Gasteiger partial charge in [0.1, 0.15) is 0 Å². The number of carbonyl (C=O) groups excluding carboxylic acids is 1. The normalized spacial score (nSPS) is 11.6. The van der Waals surface area contributed by atoms with Gasteiger partial charge in [-0.15, -0.1) is 12.4 Å². The third-order valence-corrected chi connectivity index (χ3v) is 3.18. The summed E-state index contributed by atoms with van der Waals surface area (Å²) in [6, 6.07) is 6.30. The monoisotopic (exact) mass is 300 g/mol. The molecule has 0 bridgehead atoms. The summed E-state index contributed by atoms with van der Waals surface area (Å²) in [7, 11) is 1.64. The van der Waals surface area contributed by atoms with E-state index in [4.69, 9.17) is 4.74 Å². The van der Waals surface area contributed by atoms with E-state index in [1.54, 1.807) is 7.11 Å². The number of aryl methyl sites for hydroxylation is 2. The van der Waals surface area contributed by atoms with Crippen molar-refractivity contribution in [1.29, 1.82) is 0 Å². The van der Waals surface area contributed by atoms with Crippen molar-refractivity contribution in [3.05, 3.63) is 34.9 Å². The molecule has 0 spiro atoms. The van der Waals surface area contributed by atoms with Crippen LogP contribution in [0.2, 0.25) is 0 Å². The predicted octanol–water partition coefficient (Wildman–Crippen LogP) is 2.14. The van der Waals surface area contributed by atoms with Crippen LogP contribution in [0.3, 0.4) is 0 Å². The van der Waals surface area contributed by atoms with Crippen molar-refractivity contribution >= 4 is 18.3 Å². The number of halogens is 1. The maximum absolute atomic E-state index is 11.7. The molecule has 5 heteroatoms. The number of benzene rings is 1. The molecule has 0 heterocycles. The molecule has 0 radical (unpaired) electrons. The van der Waals surface area contributed by atoms with E-state index in [9.17, 15) is 4.79 Å². The van der Waals surface area contributed by atoms with Gasteiger partial charge in [0.2, 0.25) is 5.91 Å². The average Bonchev–Trinajstić information content (AvgIpc) is 2.38. The van der Waals surface area contributed by atoms with E-state index in [1.165, 1.54) is 11.1 Å². The van der Waals surface area contributed by atoms with Crippen molar-refractivity contribution in [2.45, 2.75) is 26.8 Å². The Morgan fingerprint density at radius 3 is 2.60 bits per heavy atom. The highest BCUT2D eigenvalue weighted by Crippen LogP contribution is 2.16. The maximum Gasteiger partial charge on any atom is 0.234 e. The quantitative estimate of drug-likeness (QED) is 0.759. The van der Waals surface area contributed by atoms with Gasteiger partial charge in [-0.05, 0) is 37.5 Å². The Kier molecular flexibility index (Phi) is 9.21. The van der Waals surface area contributed by atoms with E-state index in [1.807, 2.05) is 6.92 Å². The topological polar surface area (TPSA) is 50.4 Å². The van der Waals surface area contributed by atoms with Crippen LogP contribution in [0.15, 0.2) is 18.2 Å². The maximum atomic E-state index is 11.7. The Morgan fingerprint density at radius 1 is 1.30 bits per heavy atom. The van der Waals surface area contributed by atoms with E-state index < -0.39 is 0 Å². The fourth-order valence-corrected chi connectivity index (χ4v) is 1.79. The second kappa shape index (κ2) is 9.75. The molecule has 1 aromatic carbocycles. The summed E-state index contributed by atoms with van der Waals surface area (Å²) in [6.07, 6.45) is 0. The summed E-state index contributed by atoms with van der Waals surface area (Å²) in [4.78, 5) is 11.7. The number of nitrogens with one attached hydrogen (secondary N) is 2. The minimum Gasteiger partial charge on any atom is -0.383 e. The first-order valence-corrected chi connectivity index (χ1v) is 6.60.